The summed E-state index contributed by atoms with van der Waals surface area (Å²) in [7, 11) is 1.67. The first kappa shape index (κ1) is 21.1. The average molecular weight is 408 g/mol. The van der Waals surface area contributed by atoms with Crippen molar-refractivity contribution in [2.45, 2.75) is 18.4 Å². The molecule has 0 saturated carbocycles. The number of nitrogens with zero attached hydrogens (tertiary/aromatic N) is 1. The number of hydrogen-bond acceptors (Lipinski definition) is 5. The zero-order valence-electron chi connectivity index (χ0n) is 15.5. The predicted molar refractivity (Wildman–Crippen MR) is 107 cm³/mol. The lowest BCUT2D eigenvalue weighted by atomic mass is 10.2. The van der Waals surface area contributed by atoms with Gasteiger partial charge < -0.3 is 14.4 Å². The molecule has 7 heteroatoms. The molecule has 0 unspecified atom stereocenters. The number of aryl methyl sites for hydroxylation is 1. The van der Waals surface area contributed by atoms with E-state index in [9.17, 15) is 9.59 Å². The molecule has 144 valence electrons. The number of thioether (sulfide) groups is 1. The van der Waals surface area contributed by atoms with Crippen molar-refractivity contribution in [3.63, 3.8) is 0 Å². The van der Waals surface area contributed by atoms with Crippen molar-refractivity contribution in [2.75, 3.05) is 26.5 Å². The lowest BCUT2D eigenvalue weighted by Crippen LogP contribution is -2.31. The van der Waals surface area contributed by atoms with Gasteiger partial charge in [-0.05, 0) is 54.6 Å². The number of hydrogen-bond donors (Lipinski definition) is 0. The Morgan fingerprint density at radius 1 is 1.11 bits per heavy atom. The summed E-state index contributed by atoms with van der Waals surface area (Å²) in [4.78, 5) is 26.6. The van der Waals surface area contributed by atoms with E-state index in [4.69, 9.17) is 21.1 Å². The van der Waals surface area contributed by atoms with Crippen LogP contribution >= 0.6 is 23.4 Å². The van der Waals surface area contributed by atoms with Gasteiger partial charge in [-0.15, -0.1) is 11.8 Å². The maximum atomic E-state index is 12.1. The molecule has 2 rings (SSSR count). The van der Waals surface area contributed by atoms with Gasteiger partial charge in [0, 0.05) is 23.5 Å². The minimum atomic E-state index is -0.601. The van der Waals surface area contributed by atoms with Crippen LogP contribution in [0, 0.1) is 6.92 Å². The molecular weight excluding hydrogens is 386 g/mol. The van der Waals surface area contributed by atoms with Crippen LogP contribution in [0.15, 0.2) is 47.4 Å². The van der Waals surface area contributed by atoms with E-state index in [1.165, 1.54) is 4.90 Å². The van der Waals surface area contributed by atoms with Gasteiger partial charge in [-0.3, -0.25) is 4.79 Å². The summed E-state index contributed by atoms with van der Waals surface area (Å²) in [6.07, 6.45) is 2.01. The summed E-state index contributed by atoms with van der Waals surface area (Å²) < 4.78 is 10.4. The fraction of sp³-hybridized carbons (Fsp3) is 0.300. The molecule has 0 radical (unpaired) electrons. The van der Waals surface area contributed by atoms with Crippen molar-refractivity contribution in [2.24, 2.45) is 0 Å². The Bertz CT molecular complexity index is 795. The van der Waals surface area contributed by atoms with E-state index in [1.807, 2.05) is 37.4 Å². The van der Waals surface area contributed by atoms with Gasteiger partial charge in [0.2, 0.25) is 0 Å². The van der Waals surface area contributed by atoms with Gasteiger partial charge in [-0.2, -0.15) is 0 Å². The second-order valence-electron chi connectivity index (χ2n) is 5.96. The van der Waals surface area contributed by atoms with Crippen LogP contribution in [0.4, 0.5) is 0 Å². The monoisotopic (exact) mass is 407 g/mol. The van der Waals surface area contributed by atoms with Crippen LogP contribution in [0.25, 0.3) is 0 Å². The molecule has 0 bridgehead atoms. The Kier molecular flexibility index (Phi) is 8.00. The number of halogens is 1. The van der Waals surface area contributed by atoms with Gasteiger partial charge in [0.1, 0.15) is 5.75 Å². The molecule has 27 heavy (non-hydrogen) atoms. The van der Waals surface area contributed by atoms with Crippen LogP contribution in [0.5, 0.6) is 5.75 Å². The first-order chi connectivity index (χ1) is 12.9. The van der Waals surface area contributed by atoms with Crippen LogP contribution in [-0.4, -0.2) is 43.3 Å². The molecule has 2 aromatic rings. The van der Waals surface area contributed by atoms with Crippen molar-refractivity contribution >= 4 is 35.2 Å². The predicted octanol–water partition coefficient (Wildman–Crippen LogP) is 3.95. The number of benzene rings is 2. The summed E-state index contributed by atoms with van der Waals surface area (Å²) in [6.45, 7) is 1.69. The molecule has 0 heterocycles. The van der Waals surface area contributed by atoms with Crippen molar-refractivity contribution in [3.05, 3.63) is 58.6 Å². The smallest absolute Gasteiger partial charge is 0.344 e. The number of amides is 1. The van der Waals surface area contributed by atoms with Gasteiger partial charge in [-0.1, -0.05) is 23.7 Å². The molecule has 0 aliphatic heterocycles. The van der Waals surface area contributed by atoms with Crippen LogP contribution in [-0.2, 0) is 20.9 Å². The molecule has 0 aliphatic carbocycles. The molecule has 0 aliphatic rings. The second-order valence-corrected chi connectivity index (χ2v) is 7.27. The summed E-state index contributed by atoms with van der Waals surface area (Å²) in [5, 5.41) is 0.596. The molecule has 0 saturated heterocycles. The van der Waals surface area contributed by atoms with E-state index >= 15 is 0 Å². The van der Waals surface area contributed by atoms with E-state index in [0.29, 0.717) is 17.3 Å². The molecule has 0 atom stereocenters. The van der Waals surface area contributed by atoms with Gasteiger partial charge in [0.15, 0.2) is 13.2 Å². The molecule has 1 amide bonds. The van der Waals surface area contributed by atoms with Crippen LogP contribution in [0.3, 0.4) is 0 Å². The van der Waals surface area contributed by atoms with Crippen LogP contribution in [0.2, 0.25) is 5.02 Å². The van der Waals surface area contributed by atoms with E-state index < -0.39 is 5.97 Å². The lowest BCUT2D eigenvalue weighted by Gasteiger charge is -2.17. The van der Waals surface area contributed by atoms with E-state index in [-0.39, 0.29) is 19.1 Å². The number of carbonyl (C=O) groups is 2. The Labute approximate surface area is 168 Å². The minimum Gasteiger partial charge on any atom is -0.482 e. The number of ether oxygens (including phenoxy) is 2. The largest absolute Gasteiger partial charge is 0.482 e. The minimum absolute atomic E-state index is 0.268. The molecule has 5 nitrogen and oxygen atoms in total. The third-order valence-corrected chi connectivity index (χ3v) is 4.82. The first-order valence-electron chi connectivity index (χ1n) is 8.30. The van der Waals surface area contributed by atoms with E-state index in [1.54, 1.807) is 37.0 Å². The average Bonchev–Trinajstić information content (AvgIpc) is 2.66. The maximum Gasteiger partial charge on any atom is 0.344 e. The number of likely N-dealkylation sites (N-methyl/N-ethyl adjacent to an activating group) is 1. The molecule has 2 aromatic carbocycles. The highest BCUT2D eigenvalue weighted by Crippen LogP contribution is 2.21. The second kappa shape index (κ2) is 10.2. The maximum absolute atomic E-state index is 12.1. The van der Waals surface area contributed by atoms with Crippen molar-refractivity contribution in [3.8, 4) is 5.75 Å². The van der Waals surface area contributed by atoms with E-state index in [0.717, 1.165) is 16.0 Å². The summed E-state index contributed by atoms with van der Waals surface area (Å²) >= 11 is 7.54. The van der Waals surface area contributed by atoms with Crippen molar-refractivity contribution < 1.29 is 19.1 Å². The highest BCUT2D eigenvalue weighted by atomic mass is 35.5. The van der Waals surface area contributed by atoms with Crippen molar-refractivity contribution in [1.29, 1.82) is 0 Å². The Balaban J connectivity index is 1.75. The molecule has 0 aromatic heterocycles. The highest BCUT2D eigenvalue weighted by molar-refractivity contribution is 7.98. The zero-order chi connectivity index (χ0) is 19.8. The number of esters is 1. The Hall–Kier alpha value is -2.18. The highest BCUT2D eigenvalue weighted by Gasteiger charge is 2.13. The van der Waals surface area contributed by atoms with Crippen LogP contribution < -0.4 is 4.74 Å². The van der Waals surface area contributed by atoms with Gasteiger partial charge in [-0.25, -0.2) is 4.79 Å². The normalized spacial score (nSPS) is 10.4. The Morgan fingerprint density at radius 2 is 1.81 bits per heavy atom. The van der Waals surface area contributed by atoms with Gasteiger partial charge in [0.25, 0.3) is 5.91 Å². The third-order valence-electron chi connectivity index (χ3n) is 3.84. The Morgan fingerprint density at radius 3 is 2.44 bits per heavy atom. The third kappa shape index (κ3) is 6.81. The van der Waals surface area contributed by atoms with Crippen molar-refractivity contribution in [1.82, 2.24) is 4.90 Å². The molecule has 0 spiro atoms. The quantitative estimate of drug-likeness (QED) is 0.490. The zero-order valence-corrected chi connectivity index (χ0v) is 17.1. The summed E-state index contributed by atoms with van der Waals surface area (Å²) in [5.74, 6) is -0.330. The lowest BCUT2D eigenvalue weighted by molar-refractivity contribution is -0.153. The first-order valence-corrected chi connectivity index (χ1v) is 9.91. The fourth-order valence-electron chi connectivity index (χ4n) is 2.30. The standard InChI is InChI=1S/C20H22ClNO4S/c1-14-10-16(21)6-9-18(14)25-13-20(24)26-12-19(23)22(2)11-15-4-7-17(27-3)8-5-15/h4-10H,11-13H2,1-3H3. The van der Waals surface area contributed by atoms with Gasteiger partial charge >= 0.3 is 5.97 Å². The fourth-order valence-corrected chi connectivity index (χ4v) is 2.93. The summed E-state index contributed by atoms with van der Waals surface area (Å²) in [6, 6.07) is 13.1. The SMILES string of the molecule is CSc1ccc(CN(C)C(=O)COC(=O)COc2ccc(Cl)cc2C)cc1. The van der Waals surface area contributed by atoms with E-state index in [2.05, 4.69) is 0 Å². The summed E-state index contributed by atoms with van der Waals surface area (Å²) in [5.41, 5.74) is 1.83. The molecular formula is C20H22ClNO4S. The van der Waals surface area contributed by atoms with Gasteiger partial charge in [0.05, 0.1) is 0 Å². The molecule has 0 fully saturated rings. The number of carbonyl (C=O) groups excluding carboxylic acids is 2. The van der Waals surface area contributed by atoms with Crippen LogP contribution in [0.1, 0.15) is 11.1 Å². The molecule has 0 N–H and O–H groups in total. The number of rotatable bonds is 8. The topological polar surface area (TPSA) is 55.8 Å².